The second kappa shape index (κ2) is 4.18. The molecule has 0 atom stereocenters. The number of rotatable bonds is 2. The highest BCUT2D eigenvalue weighted by atomic mass is 16.2. The molecule has 92 valence electrons. The average molecular weight is 242 g/mol. The molecule has 0 spiro atoms. The number of carbonyl (C=O) groups excluding carboxylic acids is 1. The molecule has 0 saturated heterocycles. The third kappa shape index (κ3) is 1.84. The number of amides is 1. The number of carbonyl (C=O) groups is 1. The van der Waals surface area contributed by atoms with Gasteiger partial charge in [0.1, 0.15) is 0 Å². The lowest BCUT2D eigenvalue weighted by atomic mass is 10.2. The molecular formula is C13H14N4O. The van der Waals surface area contributed by atoms with Crippen molar-refractivity contribution < 1.29 is 4.79 Å². The van der Waals surface area contributed by atoms with Crippen molar-refractivity contribution in [2.45, 2.75) is 6.54 Å². The molecule has 1 N–H and O–H groups in total. The summed E-state index contributed by atoms with van der Waals surface area (Å²) in [6, 6.07) is 9.75. The molecule has 0 unspecified atom stereocenters. The smallest absolute Gasteiger partial charge is 0.246 e. The monoisotopic (exact) mass is 242 g/mol. The maximum atomic E-state index is 12.0. The van der Waals surface area contributed by atoms with Gasteiger partial charge >= 0.3 is 0 Å². The summed E-state index contributed by atoms with van der Waals surface area (Å²) in [6.45, 7) is 0.849. The molecular weight excluding hydrogens is 228 g/mol. The minimum atomic E-state index is 0.0688. The van der Waals surface area contributed by atoms with Crippen LogP contribution >= 0.6 is 0 Å². The van der Waals surface area contributed by atoms with Crippen molar-refractivity contribution in [3.8, 4) is 0 Å². The molecule has 2 aromatic rings. The number of fused-ring (bicyclic) bond motifs is 1. The molecule has 1 aromatic carbocycles. The maximum absolute atomic E-state index is 12.0. The van der Waals surface area contributed by atoms with E-state index in [0.717, 1.165) is 17.1 Å². The van der Waals surface area contributed by atoms with E-state index in [0.29, 0.717) is 13.1 Å². The van der Waals surface area contributed by atoms with E-state index in [9.17, 15) is 4.79 Å². The fourth-order valence-electron chi connectivity index (χ4n) is 2.14. The zero-order valence-corrected chi connectivity index (χ0v) is 10.1. The predicted octanol–water partition coefficient (Wildman–Crippen LogP) is 1.38. The van der Waals surface area contributed by atoms with Crippen LogP contribution in [0.15, 0.2) is 36.5 Å². The van der Waals surface area contributed by atoms with E-state index in [2.05, 4.69) is 10.4 Å². The number of nitrogens with zero attached hydrogens (tertiary/aromatic N) is 3. The quantitative estimate of drug-likeness (QED) is 0.865. The normalized spacial score (nSPS) is 14.3. The van der Waals surface area contributed by atoms with E-state index >= 15 is 0 Å². The van der Waals surface area contributed by atoms with E-state index in [-0.39, 0.29) is 5.91 Å². The van der Waals surface area contributed by atoms with Crippen LogP contribution in [-0.2, 0) is 18.4 Å². The molecule has 0 radical (unpaired) electrons. The van der Waals surface area contributed by atoms with Gasteiger partial charge in [-0.3, -0.25) is 9.48 Å². The highest BCUT2D eigenvalue weighted by molar-refractivity contribution is 6.02. The molecule has 0 fully saturated rings. The van der Waals surface area contributed by atoms with Crippen LogP contribution in [0.25, 0.3) is 0 Å². The number of hydrogen-bond donors (Lipinski definition) is 1. The van der Waals surface area contributed by atoms with Crippen molar-refractivity contribution in [3.05, 3.63) is 42.2 Å². The molecule has 1 amide bonds. The van der Waals surface area contributed by atoms with Crippen LogP contribution in [-0.4, -0.2) is 22.2 Å². The predicted molar refractivity (Wildman–Crippen MR) is 69.3 cm³/mol. The van der Waals surface area contributed by atoms with Crippen LogP contribution in [0.1, 0.15) is 5.69 Å². The Kier molecular flexibility index (Phi) is 2.51. The van der Waals surface area contributed by atoms with Crippen LogP contribution in [0.4, 0.5) is 11.4 Å². The van der Waals surface area contributed by atoms with Crippen molar-refractivity contribution in [2.24, 2.45) is 7.05 Å². The Labute approximate surface area is 105 Å². The van der Waals surface area contributed by atoms with Crippen molar-refractivity contribution in [1.29, 1.82) is 0 Å². The van der Waals surface area contributed by atoms with Gasteiger partial charge in [-0.1, -0.05) is 12.1 Å². The lowest BCUT2D eigenvalue weighted by Gasteiger charge is -2.29. The van der Waals surface area contributed by atoms with E-state index in [4.69, 9.17) is 0 Å². The Morgan fingerprint density at radius 3 is 2.94 bits per heavy atom. The van der Waals surface area contributed by atoms with Crippen molar-refractivity contribution in [3.63, 3.8) is 0 Å². The SMILES string of the molecule is Cn1ccc(CN2C(=O)CNc3ccccc32)n1. The van der Waals surface area contributed by atoms with Gasteiger partial charge in [-0.05, 0) is 18.2 Å². The standard InChI is InChI=1S/C13H14N4O/c1-16-7-6-10(15-16)9-17-12-5-3-2-4-11(12)14-8-13(17)18/h2-7,14H,8-9H2,1H3. The third-order valence-corrected chi connectivity index (χ3v) is 3.01. The maximum Gasteiger partial charge on any atom is 0.246 e. The van der Waals surface area contributed by atoms with Gasteiger partial charge in [0.25, 0.3) is 0 Å². The molecule has 3 rings (SSSR count). The van der Waals surface area contributed by atoms with Crippen LogP contribution < -0.4 is 10.2 Å². The first-order valence-corrected chi connectivity index (χ1v) is 5.86. The van der Waals surface area contributed by atoms with E-state index in [1.54, 1.807) is 9.58 Å². The van der Waals surface area contributed by atoms with Gasteiger partial charge in [0, 0.05) is 13.2 Å². The van der Waals surface area contributed by atoms with Crippen LogP contribution in [0.2, 0.25) is 0 Å². The number of anilines is 2. The summed E-state index contributed by atoms with van der Waals surface area (Å²) < 4.78 is 1.74. The molecule has 0 saturated carbocycles. The van der Waals surface area contributed by atoms with Crippen molar-refractivity contribution in [2.75, 3.05) is 16.8 Å². The fraction of sp³-hybridized carbons (Fsp3) is 0.231. The number of nitrogens with one attached hydrogen (secondary N) is 1. The van der Waals surface area contributed by atoms with Gasteiger partial charge in [-0.15, -0.1) is 0 Å². The Morgan fingerprint density at radius 1 is 1.33 bits per heavy atom. The Balaban J connectivity index is 1.93. The summed E-state index contributed by atoms with van der Waals surface area (Å²) in [7, 11) is 1.87. The number of aromatic nitrogens is 2. The molecule has 1 aromatic heterocycles. The second-order valence-electron chi connectivity index (χ2n) is 4.33. The molecule has 0 aliphatic carbocycles. The molecule has 1 aliphatic heterocycles. The molecule has 5 heteroatoms. The lowest BCUT2D eigenvalue weighted by molar-refractivity contribution is -0.117. The summed E-state index contributed by atoms with van der Waals surface area (Å²) in [5.74, 6) is 0.0688. The van der Waals surface area contributed by atoms with Gasteiger partial charge in [0.2, 0.25) is 5.91 Å². The Bertz CT molecular complexity index is 590. The minimum Gasteiger partial charge on any atom is -0.374 e. The number of hydrogen-bond acceptors (Lipinski definition) is 3. The second-order valence-corrected chi connectivity index (χ2v) is 4.33. The topological polar surface area (TPSA) is 50.2 Å². The molecule has 2 heterocycles. The molecule has 5 nitrogen and oxygen atoms in total. The summed E-state index contributed by atoms with van der Waals surface area (Å²) >= 11 is 0. The van der Waals surface area contributed by atoms with Gasteiger partial charge in [-0.2, -0.15) is 5.10 Å². The lowest BCUT2D eigenvalue weighted by Crippen LogP contribution is -2.39. The van der Waals surface area contributed by atoms with Gasteiger partial charge in [-0.25, -0.2) is 0 Å². The third-order valence-electron chi connectivity index (χ3n) is 3.01. The average Bonchev–Trinajstić information content (AvgIpc) is 2.79. The highest BCUT2D eigenvalue weighted by Gasteiger charge is 2.23. The zero-order valence-electron chi connectivity index (χ0n) is 10.1. The number of benzene rings is 1. The van der Waals surface area contributed by atoms with E-state index in [1.165, 1.54) is 0 Å². The Morgan fingerprint density at radius 2 is 2.17 bits per heavy atom. The largest absolute Gasteiger partial charge is 0.374 e. The molecule has 0 bridgehead atoms. The summed E-state index contributed by atoms with van der Waals surface area (Å²) in [5, 5.41) is 7.43. The minimum absolute atomic E-state index is 0.0688. The van der Waals surface area contributed by atoms with Gasteiger partial charge < -0.3 is 10.2 Å². The first-order chi connectivity index (χ1) is 8.74. The highest BCUT2D eigenvalue weighted by Crippen LogP contribution is 2.29. The van der Waals surface area contributed by atoms with Crippen LogP contribution in [0, 0.1) is 0 Å². The zero-order chi connectivity index (χ0) is 12.5. The number of aryl methyl sites for hydroxylation is 1. The van der Waals surface area contributed by atoms with E-state index in [1.807, 2.05) is 43.6 Å². The Hall–Kier alpha value is -2.30. The van der Waals surface area contributed by atoms with Crippen LogP contribution in [0.5, 0.6) is 0 Å². The molecule has 18 heavy (non-hydrogen) atoms. The van der Waals surface area contributed by atoms with Crippen molar-refractivity contribution in [1.82, 2.24) is 9.78 Å². The van der Waals surface area contributed by atoms with Gasteiger partial charge in [0.15, 0.2) is 0 Å². The first-order valence-electron chi connectivity index (χ1n) is 5.86. The van der Waals surface area contributed by atoms with E-state index < -0.39 is 0 Å². The summed E-state index contributed by atoms with van der Waals surface area (Å²) in [6.07, 6.45) is 1.88. The van der Waals surface area contributed by atoms with Gasteiger partial charge in [0.05, 0.1) is 30.2 Å². The van der Waals surface area contributed by atoms with Crippen LogP contribution in [0.3, 0.4) is 0 Å². The fourth-order valence-corrected chi connectivity index (χ4v) is 2.14. The van der Waals surface area contributed by atoms with Crippen molar-refractivity contribution >= 4 is 17.3 Å². The first kappa shape index (κ1) is 10.8. The summed E-state index contributed by atoms with van der Waals surface area (Å²) in [4.78, 5) is 13.8. The summed E-state index contributed by atoms with van der Waals surface area (Å²) in [5.41, 5.74) is 2.80. The molecule has 1 aliphatic rings. The number of para-hydroxylation sites is 2.